The third kappa shape index (κ3) is 2.70. The number of hydrogen-bond donors (Lipinski definition) is 1. The van der Waals surface area contributed by atoms with Crippen LogP contribution in [0, 0.1) is 0 Å². The number of amides is 1. The Morgan fingerprint density at radius 1 is 1.55 bits per heavy atom. The molecule has 1 aliphatic rings. The molecule has 0 spiro atoms. The lowest BCUT2D eigenvalue weighted by atomic mass is 10.2. The van der Waals surface area contributed by atoms with Crippen molar-refractivity contribution in [1.29, 1.82) is 0 Å². The van der Waals surface area contributed by atoms with Crippen LogP contribution in [-0.2, 0) is 4.79 Å². The first kappa shape index (κ1) is 8.85. The summed E-state index contributed by atoms with van der Waals surface area (Å²) in [6, 6.07) is 0.392. The SMILES string of the molecule is C[C@@H](Cl)C(=O)NC1CCCC1. The minimum atomic E-state index is -0.393. The highest BCUT2D eigenvalue weighted by Crippen LogP contribution is 2.17. The number of carbonyl (C=O) groups is 1. The number of halogens is 1. The monoisotopic (exact) mass is 175 g/mol. The van der Waals surface area contributed by atoms with Crippen molar-refractivity contribution < 1.29 is 4.79 Å². The largest absolute Gasteiger partial charge is 0.352 e. The summed E-state index contributed by atoms with van der Waals surface area (Å²) < 4.78 is 0. The van der Waals surface area contributed by atoms with Gasteiger partial charge < -0.3 is 5.32 Å². The smallest absolute Gasteiger partial charge is 0.237 e. The Hall–Kier alpha value is -0.240. The number of nitrogens with one attached hydrogen (secondary N) is 1. The first-order valence-electron chi connectivity index (χ1n) is 4.14. The van der Waals surface area contributed by atoms with Gasteiger partial charge in [-0.2, -0.15) is 0 Å². The van der Waals surface area contributed by atoms with Crippen molar-refractivity contribution >= 4 is 17.5 Å². The standard InChI is InChI=1S/C8H14ClNO/c1-6(9)8(11)10-7-4-2-3-5-7/h6-7H,2-5H2,1H3,(H,10,11)/t6-/m1/s1. The number of rotatable bonds is 2. The lowest BCUT2D eigenvalue weighted by Crippen LogP contribution is -2.36. The fourth-order valence-electron chi connectivity index (χ4n) is 1.39. The Bertz CT molecular complexity index is 141. The summed E-state index contributed by atoms with van der Waals surface area (Å²) in [5, 5.41) is 2.51. The van der Waals surface area contributed by atoms with Crippen LogP contribution in [0.25, 0.3) is 0 Å². The zero-order chi connectivity index (χ0) is 8.27. The van der Waals surface area contributed by atoms with Crippen LogP contribution in [-0.4, -0.2) is 17.3 Å². The average molecular weight is 176 g/mol. The second-order valence-electron chi connectivity index (χ2n) is 3.11. The van der Waals surface area contributed by atoms with Gasteiger partial charge >= 0.3 is 0 Å². The zero-order valence-corrected chi connectivity index (χ0v) is 7.53. The molecule has 0 radical (unpaired) electrons. The molecular weight excluding hydrogens is 162 g/mol. The maximum Gasteiger partial charge on any atom is 0.237 e. The minimum absolute atomic E-state index is 0.0291. The first-order valence-corrected chi connectivity index (χ1v) is 4.58. The van der Waals surface area contributed by atoms with E-state index < -0.39 is 5.38 Å². The molecule has 1 saturated carbocycles. The van der Waals surface area contributed by atoms with E-state index in [0.717, 1.165) is 12.8 Å². The van der Waals surface area contributed by atoms with Gasteiger partial charge in [-0.3, -0.25) is 4.79 Å². The van der Waals surface area contributed by atoms with Crippen molar-refractivity contribution in [1.82, 2.24) is 5.32 Å². The molecule has 0 aromatic heterocycles. The van der Waals surface area contributed by atoms with Crippen LogP contribution in [0.3, 0.4) is 0 Å². The molecule has 1 N–H and O–H groups in total. The Kier molecular flexibility index (Phi) is 3.18. The molecule has 0 saturated heterocycles. The van der Waals surface area contributed by atoms with Crippen molar-refractivity contribution in [3.63, 3.8) is 0 Å². The third-order valence-corrected chi connectivity index (χ3v) is 2.26. The summed E-state index contributed by atoms with van der Waals surface area (Å²) in [6.45, 7) is 1.70. The zero-order valence-electron chi connectivity index (χ0n) is 6.77. The van der Waals surface area contributed by atoms with Gasteiger partial charge in [-0.15, -0.1) is 11.6 Å². The molecule has 0 aromatic rings. The second-order valence-corrected chi connectivity index (χ2v) is 3.76. The summed E-state index contributed by atoms with van der Waals surface area (Å²) in [4.78, 5) is 11.1. The molecule has 64 valence electrons. The molecule has 1 fully saturated rings. The van der Waals surface area contributed by atoms with Crippen LogP contribution in [0.2, 0.25) is 0 Å². The molecule has 0 aliphatic heterocycles. The highest BCUT2D eigenvalue weighted by molar-refractivity contribution is 6.30. The molecule has 2 nitrogen and oxygen atoms in total. The molecule has 3 heteroatoms. The Morgan fingerprint density at radius 2 is 2.09 bits per heavy atom. The van der Waals surface area contributed by atoms with Crippen LogP contribution in [0.4, 0.5) is 0 Å². The molecular formula is C8H14ClNO. The highest BCUT2D eigenvalue weighted by atomic mass is 35.5. The topological polar surface area (TPSA) is 29.1 Å². The lowest BCUT2D eigenvalue weighted by Gasteiger charge is -2.12. The van der Waals surface area contributed by atoms with Crippen molar-refractivity contribution in [3.8, 4) is 0 Å². The fourth-order valence-corrected chi connectivity index (χ4v) is 1.45. The van der Waals surface area contributed by atoms with Crippen LogP contribution >= 0.6 is 11.6 Å². The van der Waals surface area contributed by atoms with Gasteiger partial charge in [0.15, 0.2) is 0 Å². The number of carbonyl (C=O) groups excluding carboxylic acids is 1. The van der Waals surface area contributed by atoms with Crippen LogP contribution in [0.5, 0.6) is 0 Å². The molecule has 0 bridgehead atoms. The minimum Gasteiger partial charge on any atom is -0.352 e. The number of alkyl halides is 1. The van der Waals surface area contributed by atoms with Gasteiger partial charge in [-0.25, -0.2) is 0 Å². The first-order chi connectivity index (χ1) is 5.20. The van der Waals surface area contributed by atoms with Gasteiger partial charge in [0.2, 0.25) is 5.91 Å². The predicted molar refractivity (Wildman–Crippen MR) is 45.7 cm³/mol. The molecule has 1 rings (SSSR count). The Balaban J connectivity index is 2.24. The van der Waals surface area contributed by atoms with Crippen LogP contribution in [0.15, 0.2) is 0 Å². The molecule has 11 heavy (non-hydrogen) atoms. The Morgan fingerprint density at radius 3 is 2.55 bits per heavy atom. The maximum atomic E-state index is 11.1. The summed E-state index contributed by atoms with van der Waals surface area (Å²) in [5.41, 5.74) is 0. The molecule has 0 heterocycles. The van der Waals surface area contributed by atoms with Gasteiger partial charge in [-0.1, -0.05) is 12.8 Å². The van der Waals surface area contributed by atoms with E-state index >= 15 is 0 Å². The van der Waals surface area contributed by atoms with E-state index in [2.05, 4.69) is 5.32 Å². The molecule has 1 aliphatic carbocycles. The average Bonchev–Trinajstić information content (AvgIpc) is 2.39. The van der Waals surface area contributed by atoms with Gasteiger partial charge in [0, 0.05) is 6.04 Å². The van der Waals surface area contributed by atoms with E-state index in [1.54, 1.807) is 6.92 Å². The van der Waals surface area contributed by atoms with E-state index in [1.165, 1.54) is 12.8 Å². The van der Waals surface area contributed by atoms with E-state index in [4.69, 9.17) is 11.6 Å². The normalized spacial score (nSPS) is 21.6. The van der Waals surface area contributed by atoms with Crippen LogP contribution < -0.4 is 5.32 Å². The molecule has 0 unspecified atom stereocenters. The van der Waals surface area contributed by atoms with Crippen molar-refractivity contribution in [2.24, 2.45) is 0 Å². The molecule has 1 amide bonds. The van der Waals surface area contributed by atoms with Crippen molar-refractivity contribution in [3.05, 3.63) is 0 Å². The van der Waals surface area contributed by atoms with Gasteiger partial charge in [-0.05, 0) is 19.8 Å². The van der Waals surface area contributed by atoms with E-state index in [9.17, 15) is 4.79 Å². The molecule has 0 aromatic carbocycles. The number of hydrogen-bond acceptors (Lipinski definition) is 1. The van der Waals surface area contributed by atoms with E-state index in [0.29, 0.717) is 6.04 Å². The second kappa shape index (κ2) is 3.96. The van der Waals surface area contributed by atoms with Gasteiger partial charge in [0.1, 0.15) is 5.38 Å². The predicted octanol–water partition coefficient (Wildman–Crippen LogP) is 1.67. The summed E-state index contributed by atoms with van der Waals surface area (Å²) in [5.74, 6) is -0.0291. The quantitative estimate of drug-likeness (QED) is 0.636. The molecule has 1 atom stereocenters. The van der Waals surface area contributed by atoms with Gasteiger partial charge in [0.05, 0.1) is 0 Å². The Labute approximate surface area is 72.3 Å². The fraction of sp³-hybridized carbons (Fsp3) is 0.875. The lowest BCUT2D eigenvalue weighted by molar-refractivity contribution is -0.121. The summed E-state index contributed by atoms with van der Waals surface area (Å²) in [7, 11) is 0. The maximum absolute atomic E-state index is 11.1. The van der Waals surface area contributed by atoms with Crippen molar-refractivity contribution in [2.75, 3.05) is 0 Å². The van der Waals surface area contributed by atoms with Crippen LogP contribution in [0.1, 0.15) is 32.6 Å². The third-order valence-electron chi connectivity index (χ3n) is 2.06. The van der Waals surface area contributed by atoms with Gasteiger partial charge in [0.25, 0.3) is 0 Å². The van der Waals surface area contributed by atoms with Crippen molar-refractivity contribution in [2.45, 2.75) is 44.0 Å². The summed E-state index contributed by atoms with van der Waals surface area (Å²) >= 11 is 5.59. The highest BCUT2D eigenvalue weighted by Gasteiger charge is 2.18. The van der Waals surface area contributed by atoms with E-state index in [-0.39, 0.29) is 5.91 Å². The van der Waals surface area contributed by atoms with E-state index in [1.807, 2.05) is 0 Å². The summed E-state index contributed by atoms with van der Waals surface area (Å²) in [6.07, 6.45) is 4.72.